The van der Waals surface area contributed by atoms with Crippen molar-refractivity contribution in [2.45, 2.75) is 33.4 Å². The Kier molecular flexibility index (Phi) is 11.4. The molecule has 0 fully saturated rings. The zero-order chi connectivity index (χ0) is 13.9. The number of halogens is 1. The van der Waals surface area contributed by atoms with Crippen LogP contribution in [0.25, 0.3) is 0 Å². The first-order valence-electron chi connectivity index (χ1n) is 6.70. The van der Waals surface area contributed by atoms with Gasteiger partial charge in [0.05, 0.1) is 6.54 Å². The first-order valence-corrected chi connectivity index (χ1v) is 6.70. The Morgan fingerprint density at radius 3 is 2.85 bits per heavy atom. The molecule has 0 aliphatic rings. The minimum Gasteiger partial charge on any atom is -0.382 e. The zero-order valence-corrected chi connectivity index (χ0v) is 14.8. The van der Waals surface area contributed by atoms with Gasteiger partial charge in [0.15, 0.2) is 11.8 Å². The van der Waals surface area contributed by atoms with Gasteiger partial charge in [-0.1, -0.05) is 0 Å². The highest BCUT2D eigenvalue weighted by molar-refractivity contribution is 14.0. The Hall–Kier alpha value is -0.900. The number of ether oxygens (including phenoxy) is 1. The van der Waals surface area contributed by atoms with E-state index in [-0.39, 0.29) is 24.0 Å². The molecule has 0 atom stereocenters. The van der Waals surface area contributed by atoms with Crippen LogP contribution in [0.15, 0.2) is 11.3 Å². The van der Waals surface area contributed by atoms with E-state index in [2.05, 4.69) is 32.7 Å². The summed E-state index contributed by atoms with van der Waals surface area (Å²) in [6.07, 6.45) is 2.69. The molecule has 0 saturated heterocycles. The molecule has 0 saturated carbocycles. The summed E-state index contributed by atoms with van der Waals surface area (Å²) in [5.41, 5.74) is 0. The van der Waals surface area contributed by atoms with Crippen molar-refractivity contribution in [2.24, 2.45) is 4.99 Å². The molecule has 0 radical (unpaired) electrons. The predicted octanol–water partition coefficient (Wildman–Crippen LogP) is 1.01. The molecule has 116 valence electrons. The lowest BCUT2D eigenvalue weighted by atomic mass is 10.4. The molecule has 0 spiro atoms. The van der Waals surface area contributed by atoms with E-state index in [1.54, 1.807) is 13.4 Å². The second-order valence-electron chi connectivity index (χ2n) is 3.94. The van der Waals surface area contributed by atoms with Crippen molar-refractivity contribution >= 4 is 29.9 Å². The molecule has 20 heavy (non-hydrogen) atoms. The van der Waals surface area contributed by atoms with Crippen LogP contribution in [0.1, 0.15) is 26.1 Å². The number of nitrogens with zero attached hydrogens (tertiary/aromatic N) is 4. The van der Waals surface area contributed by atoms with Gasteiger partial charge in [-0.3, -0.25) is 4.99 Å². The monoisotopic (exact) mass is 396 g/mol. The van der Waals surface area contributed by atoms with Gasteiger partial charge in [0, 0.05) is 33.4 Å². The lowest BCUT2D eigenvalue weighted by Gasteiger charge is -2.11. The Morgan fingerprint density at radius 1 is 1.40 bits per heavy atom. The Morgan fingerprint density at radius 2 is 2.20 bits per heavy atom. The fraction of sp³-hybridized carbons (Fsp3) is 0.750. The van der Waals surface area contributed by atoms with Crippen LogP contribution in [0, 0.1) is 0 Å². The molecule has 0 aliphatic heterocycles. The van der Waals surface area contributed by atoms with Crippen LogP contribution in [-0.2, 0) is 17.8 Å². The van der Waals surface area contributed by atoms with Gasteiger partial charge in [0.2, 0.25) is 0 Å². The van der Waals surface area contributed by atoms with Crippen LogP contribution in [0.2, 0.25) is 0 Å². The number of aryl methyl sites for hydroxylation is 1. The highest BCUT2D eigenvalue weighted by atomic mass is 127. The minimum absolute atomic E-state index is 0. The molecule has 0 bridgehead atoms. The van der Waals surface area contributed by atoms with Crippen molar-refractivity contribution in [2.75, 3.05) is 26.8 Å². The molecular weight excluding hydrogens is 371 g/mol. The van der Waals surface area contributed by atoms with Crippen molar-refractivity contribution in [1.29, 1.82) is 0 Å². The molecule has 0 aliphatic carbocycles. The number of rotatable bonds is 8. The highest BCUT2D eigenvalue weighted by Crippen LogP contribution is 1.93. The Balaban J connectivity index is 0.00000361. The SMILES string of the molecule is CCOCCCNC(=NC)NCc1nncn1CC.I. The van der Waals surface area contributed by atoms with Crippen molar-refractivity contribution in [3.63, 3.8) is 0 Å². The third kappa shape index (κ3) is 7.04. The van der Waals surface area contributed by atoms with Gasteiger partial charge >= 0.3 is 0 Å². The zero-order valence-electron chi connectivity index (χ0n) is 12.4. The summed E-state index contributed by atoms with van der Waals surface area (Å²) in [6, 6.07) is 0. The van der Waals surface area contributed by atoms with Crippen molar-refractivity contribution < 1.29 is 4.74 Å². The van der Waals surface area contributed by atoms with Gasteiger partial charge in [0.25, 0.3) is 0 Å². The molecule has 1 aromatic heterocycles. The normalized spacial score (nSPS) is 11.1. The topological polar surface area (TPSA) is 76.4 Å². The summed E-state index contributed by atoms with van der Waals surface area (Å²) < 4.78 is 7.27. The molecule has 1 rings (SSSR count). The van der Waals surface area contributed by atoms with Crippen molar-refractivity contribution in [3.8, 4) is 0 Å². The summed E-state index contributed by atoms with van der Waals surface area (Å²) in [5.74, 6) is 1.67. The predicted molar refractivity (Wildman–Crippen MR) is 90.4 cm³/mol. The number of hydrogen-bond acceptors (Lipinski definition) is 4. The molecule has 0 amide bonds. The van der Waals surface area contributed by atoms with Crippen LogP contribution in [0.4, 0.5) is 0 Å². The van der Waals surface area contributed by atoms with Gasteiger partial charge in [0.1, 0.15) is 6.33 Å². The van der Waals surface area contributed by atoms with Crippen LogP contribution in [-0.4, -0.2) is 47.5 Å². The van der Waals surface area contributed by atoms with Gasteiger partial charge in [-0.2, -0.15) is 0 Å². The van der Waals surface area contributed by atoms with E-state index in [0.717, 1.165) is 44.5 Å². The van der Waals surface area contributed by atoms with E-state index in [1.807, 2.05) is 11.5 Å². The van der Waals surface area contributed by atoms with Gasteiger partial charge in [-0.05, 0) is 20.3 Å². The smallest absolute Gasteiger partial charge is 0.191 e. The summed E-state index contributed by atoms with van der Waals surface area (Å²) >= 11 is 0. The highest BCUT2D eigenvalue weighted by Gasteiger charge is 2.03. The molecule has 0 unspecified atom stereocenters. The van der Waals surface area contributed by atoms with Crippen LogP contribution >= 0.6 is 24.0 Å². The van der Waals surface area contributed by atoms with Crippen molar-refractivity contribution in [1.82, 2.24) is 25.4 Å². The summed E-state index contributed by atoms with van der Waals surface area (Å²) in [6.45, 7) is 7.90. The van der Waals surface area contributed by atoms with E-state index in [0.29, 0.717) is 6.54 Å². The van der Waals surface area contributed by atoms with Crippen LogP contribution in [0.5, 0.6) is 0 Å². The number of hydrogen-bond donors (Lipinski definition) is 2. The van der Waals surface area contributed by atoms with Gasteiger partial charge in [-0.25, -0.2) is 0 Å². The lowest BCUT2D eigenvalue weighted by molar-refractivity contribution is 0.145. The largest absolute Gasteiger partial charge is 0.382 e. The molecule has 1 heterocycles. The average molecular weight is 396 g/mol. The average Bonchev–Trinajstić information content (AvgIpc) is 2.89. The summed E-state index contributed by atoms with van der Waals surface area (Å²) in [5, 5.41) is 14.4. The second kappa shape index (κ2) is 11.9. The van der Waals surface area contributed by atoms with E-state index < -0.39 is 0 Å². The number of guanidine groups is 1. The molecule has 2 N–H and O–H groups in total. The quantitative estimate of drug-likeness (QED) is 0.297. The first kappa shape index (κ1) is 19.1. The van der Waals surface area contributed by atoms with E-state index in [1.165, 1.54) is 0 Å². The maximum Gasteiger partial charge on any atom is 0.191 e. The lowest BCUT2D eigenvalue weighted by Crippen LogP contribution is -2.38. The third-order valence-electron chi connectivity index (χ3n) is 2.64. The van der Waals surface area contributed by atoms with Gasteiger partial charge in [-0.15, -0.1) is 34.2 Å². The number of aromatic nitrogens is 3. The Labute approximate surface area is 137 Å². The van der Waals surface area contributed by atoms with Crippen LogP contribution < -0.4 is 10.6 Å². The number of aliphatic imine (C=N–C) groups is 1. The summed E-state index contributed by atoms with van der Waals surface area (Å²) in [7, 11) is 1.75. The fourth-order valence-electron chi connectivity index (χ4n) is 1.59. The van der Waals surface area contributed by atoms with E-state index in [4.69, 9.17) is 4.74 Å². The first-order chi connectivity index (χ1) is 9.31. The Bertz CT molecular complexity index is 382. The van der Waals surface area contributed by atoms with E-state index in [9.17, 15) is 0 Å². The number of nitrogens with one attached hydrogen (secondary N) is 2. The standard InChI is InChI=1S/C12H24N6O.HI/c1-4-18-10-16-17-11(18)9-15-12(13-3)14-7-6-8-19-5-2;/h10H,4-9H2,1-3H3,(H2,13,14,15);1H. The molecule has 0 aromatic carbocycles. The third-order valence-corrected chi connectivity index (χ3v) is 2.64. The van der Waals surface area contributed by atoms with Crippen molar-refractivity contribution in [3.05, 3.63) is 12.2 Å². The molecular formula is C12H25IN6O. The molecule has 7 nitrogen and oxygen atoms in total. The molecule has 1 aromatic rings. The second-order valence-corrected chi connectivity index (χ2v) is 3.94. The molecule has 8 heteroatoms. The maximum atomic E-state index is 5.28. The van der Waals surface area contributed by atoms with E-state index >= 15 is 0 Å². The maximum absolute atomic E-state index is 5.28. The summed E-state index contributed by atoms with van der Waals surface area (Å²) in [4.78, 5) is 4.16. The van der Waals surface area contributed by atoms with Crippen LogP contribution in [0.3, 0.4) is 0 Å². The fourth-order valence-corrected chi connectivity index (χ4v) is 1.59. The minimum atomic E-state index is 0. The van der Waals surface area contributed by atoms with Gasteiger partial charge < -0.3 is 19.9 Å².